The number of benzene rings is 2. The molecule has 1 aliphatic rings. The number of ether oxygens (including phenoxy) is 2. The van der Waals surface area contributed by atoms with Crippen LogP contribution in [0.25, 0.3) is 0 Å². The molecule has 172 valence electrons. The van der Waals surface area contributed by atoms with Crippen molar-refractivity contribution in [3.05, 3.63) is 60.2 Å². The third-order valence-corrected chi connectivity index (χ3v) is 10.4. The summed E-state index contributed by atoms with van der Waals surface area (Å²) >= 11 is 0.0834. The van der Waals surface area contributed by atoms with Gasteiger partial charge in [0, 0.05) is 0 Å². The van der Waals surface area contributed by atoms with Crippen molar-refractivity contribution in [2.24, 2.45) is 17.3 Å². The van der Waals surface area contributed by atoms with E-state index in [1.54, 1.807) is 24.3 Å². The molecule has 1 fully saturated rings. The summed E-state index contributed by atoms with van der Waals surface area (Å²) in [6.07, 6.45) is 0.335. The van der Waals surface area contributed by atoms with Gasteiger partial charge >= 0.3 is 196 Å². The maximum absolute atomic E-state index is 13.2. The number of carbonyl (C=O) groups is 2. The van der Waals surface area contributed by atoms with E-state index in [1.165, 1.54) is 18.7 Å². The molecule has 0 bridgehead atoms. The first-order chi connectivity index (χ1) is 15.2. The van der Waals surface area contributed by atoms with Crippen LogP contribution in [0.1, 0.15) is 18.4 Å². The van der Waals surface area contributed by atoms with E-state index in [2.05, 4.69) is 0 Å². The Kier molecular flexibility index (Phi) is 7.80. The Morgan fingerprint density at radius 2 is 1.50 bits per heavy atom. The predicted octanol–water partition coefficient (Wildman–Crippen LogP) is 2.58. The number of esters is 2. The van der Waals surface area contributed by atoms with Crippen molar-refractivity contribution in [3.8, 4) is 0 Å². The molecular weight excluding hydrogens is 495 g/mol. The van der Waals surface area contributed by atoms with Crippen LogP contribution in [0.3, 0.4) is 0 Å². The van der Waals surface area contributed by atoms with Gasteiger partial charge in [-0.15, -0.1) is 0 Å². The standard InChI is InChI=1S/C24H28O6SSe/c1-17-9-11-20(12-10-17)31(27,28)15-18-13-24(22(25)29-2,23(26)30-3)14-19(18)16-32-21-7-5-4-6-8-21/h4-12,18-19H,13-16H2,1-3H3. The first-order valence-electron chi connectivity index (χ1n) is 10.4. The number of rotatable bonds is 8. The normalized spacial score (nSPS) is 20.0. The topological polar surface area (TPSA) is 86.7 Å². The monoisotopic (exact) mass is 524 g/mol. The van der Waals surface area contributed by atoms with Gasteiger partial charge in [0.05, 0.1) is 0 Å². The summed E-state index contributed by atoms with van der Waals surface area (Å²) in [4.78, 5) is 25.7. The van der Waals surface area contributed by atoms with Gasteiger partial charge in [0.15, 0.2) is 0 Å². The molecule has 3 rings (SSSR count). The van der Waals surface area contributed by atoms with E-state index in [1.807, 2.05) is 37.3 Å². The zero-order valence-corrected chi connectivity index (χ0v) is 21.0. The molecule has 0 radical (unpaired) electrons. The van der Waals surface area contributed by atoms with E-state index in [4.69, 9.17) is 9.47 Å². The van der Waals surface area contributed by atoms with Crippen LogP contribution in [0, 0.1) is 24.2 Å². The summed E-state index contributed by atoms with van der Waals surface area (Å²) in [6.45, 7) is 1.90. The molecule has 0 saturated heterocycles. The fourth-order valence-corrected chi connectivity index (χ4v) is 8.45. The van der Waals surface area contributed by atoms with E-state index < -0.39 is 27.2 Å². The van der Waals surface area contributed by atoms with Crippen LogP contribution in [-0.4, -0.2) is 55.3 Å². The number of methoxy groups -OCH3 is 2. The Morgan fingerprint density at radius 1 is 0.938 bits per heavy atom. The molecule has 2 aromatic rings. The summed E-state index contributed by atoms with van der Waals surface area (Å²) < 4.78 is 37.5. The zero-order valence-electron chi connectivity index (χ0n) is 18.4. The van der Waals surface area contributed by atoms with Crippen molar-refractivity contribution in [2.45, 2.75) is 30.0 Å². The van der Waals surface area contributed by atoms with Crippen molar-refractivity contribution in [2.75, 3.05) is 20.0 Å². The summed E-state index contributed by atoms with van der Waals surface area (Å²) in [7, 11) is -1.10. The van der Waals surface area contributed by atoms with Gasteiger partial charge < -0.3 is 0 Å². The minimum absolute atomic E-state index is 0.0834. The Labute approximate surface area is 195 Å². The second-order valence-corrected chi connectivity index (χ2v) is 12.5. The molecule has 0 aliphatic heterocycles. The van der Waals surface area contributed by atoms with Gasteiger partial charge in [-0.05, 0) is 0 Å². The molecule has 32 heavy (non-hydrogen) atoms. The maximum atomic E-state index is 13.2. The Hall–Kier alpha value is -2.15. The summed E-state index contributed by atoms with van der Waals surface area (Å²) in [6, 6.07) is 16.7. The Morgan fingerprint density at radius 3 is 2.06 bits per heavy atom. The molecular formula is C24H28O6SSe. The molecule has 6 nitrogen and oxygen atoms in total. The first kappa shape index (κ1) is 24.5. The summed E-state index contributed by atoms with van der Waals surface area (Å²) in [5.41, 5.74) is -0.488. The fourth-order valence-electron chi connectivity index (χ4n) is 4.35. The van der Waals surface area contributed by atoms with Gasteiger partial charge in [-0.2, -0.15) is 0 Å². The van der Waals surface area contributed by atoms with Crippen LogP contribution in [0.4, 0.5) is 0 Å². The van der Waals surface area contributed by atoms with Crippen molar-refractivity contribution in [1.82, 2.24) is 0 Å². The second-order valence-electron chi connectivity index (χ2n) is 8.21. The van der Waals surface area contributed by atoms with E-state index in [0.717, 1.165) is 10.9 Å². The summed E-state index contributed by atoms with van der Waals surface area (Å²) in [5.74, 6) is -1.91. The molecule has 0 aromatic heterocycles. The Balaban J connectivity index is 1.90. The predicted molar refractivity (Wildman–Crippen MR) is 123 cm³/mol. The van der Waals surface area contributed by atoms with Gasteiger partial charge in [0.2, 0.25) is 0 Å². The number of sulfone groups is 1. The van der Waals surface area contributed by atoms with E-state index >= 15 is 0 Å². The first-order valence-corrected chi connectivity index (χ1v) is 14.1. The third kappa shape index (κ3) is 5.25. The van der Waals surface area contributed by atoms with Gasteiger partial charge in [-0.25, -0.2) is 0 Å². The zero-order chi connectivity index (χ0) is 23.4. The quantitative estimate of drug-likeness (QED) is 0.300. The molecule has 0 spiro atoms. The molecule has 2 atom stereocenters. The molecule has 1 saturated carbocycles. The molecule has 0 amide bonds. The fraction of sp³-hybridized carbons (Fsp3) is 0.417. The molecule has 8 heteroatoms. The van der Waals surface area contributed by atoms with Crippen LogP contribution in [0.5, 0.6) is 0 Å². The van der Waals surface area contributed by atoms with E-state index in [0.29, 0.717) is 0 Å². The Bertz CT molecular complexity index is 1030. The minimum atomic E-state index is -3.59. The van der Waals surface area contributed by atoms with Crippen molar-refractivity contribution in [1.29, 1.82) is 0 Å². The average molecular weight is 524 g/mol. The van der Waals surface area contributed by atoms with Crippen LogP contribution in [-0.2, 0) is 28.9 Å². The third-order valence-electron chi connectivity index (χ3n) is 6.06. The van der Waals surface area contributed by atoms with Crippen LogP contribution in [0.15, 0.2) is 59.5 Å². The van der Waals surface area contributed by atoms with Crippen LogP contribution >= 0.6 is 0 Å². The number of hydrogen-bond acceptors (Lipinski definition) is 6. The van der Waals surface area contributed by atoms with Gasteiger partial charge in [0.1, 0.15) is 0 Å². The van der Waals surface area contributed by atoms with Crippen molar-refractivity contribution >= 4 is 41.2 Å². The molecule has 2 aromatic carbocycles. The van der Waals surface area contributed by atoms with E-state index in [-0.39, 0.29) is 50.3 Å². The second kappa shape index (κ2) is 10.2. The number of carbonyl (C=O) groups excluding carboxylic acids is 2. The van der Waals surface area contributed by atoms with Crippen molar-refractivity contribution < 1.29 is 27.5 Å². The van der Waals surface area contributed by atoms with Crippen LogP contribution in [0.2, 0.25) is 5.32 Å². The number of hydrogen-bond donors (Lipinski definition) is 0. The summed E-state index contributed by atoms with van der Waals surface area (Å²) in [5, 5.41) is 0.723. The molecule has 0 N–H and O–H groups in total. The van der Waals surface area contributed by atoms with Crippen molar-refractivity contribution in [3.63, 3.8) is 0 Å². The van der Waals surface area contributed by atoms with E-state index in [9.17, 15) is 18.0 Å². The van der Waals surface area contributed by atoms with Gasteiger partial charge in [0.25, 0.3) is 0 Å². The average Bonchev–Trinajstić information content (AvgIpc) is 3.16. The van der Waals surface area contributed by atoms with Crippen LogP contribution < -0.4 is 4.46 Å². The number of aryl methyl sites for hydroxylation is 1. The molecule has 0 heterocycles. The molecule has 2 unspecified atom stereocenters. The SMILES string of the molecule is COC(=O)C1(C(=O)OC)CC(C[Se]c2ccccc2)C(CS(=O)(=O)c2ccc(C)cc2)C1. The van der Waals surface area contributed by atoms with Gasteiger partial charge in [-0.3, -0.25) is 0 Å². The van der Waals surface area contributed by atoms with Gasteiger partial charge in [-0.1, -0.05) is 0 Å². The molecule has 1 aliphatic carbocycles.